The molecule has 0 aromatic carbocycles. The zero-order valence-electron chi connectivity index (χ0n) is 17.9. The Morgan fingerprint density at radius 1 is 0.741 bits per heavy atom. The highest BCUT2D eigenvalue weighted by Crippen LogP contribution is 2.10. The molecule has 0 aliphatic rings. The summed E-state index contributed by atoms with van der Waals surface area (Å²) < 4.78 is 4.56. The molecule has 0 aliphatic carbocycles. The number of allylic oxidation sites excluding steroid dienone is 2. The fraction of sp³-hybridized carbons (Fsp3) is 0.826. The highest BCUT2D eigenvalue weighted by atomic mass is 16.5. The maximum atomic E-state index is 11.7. The molecule has 27 heavy (non-hydrogen) atoms. The summed E-state index contributed by atoms with van der Waals surface area (Å²) in [4.78, 5) is 22.6. The fourth-order valence-electron chi connectivity index (χ4n) is 3.01. The highest BCUT2D eigenvalue weighted by Gasteiger charge is 2.02. The number of carbonyl (C=O) groups is 2. The SMILES string of the molecule is CCCCCCCC/C=C\CCCCCCCC(=O)NCCCC(=O)OC. The van der Waals surface area contributed by atoms with Gasteiger partial charge in [0, 0.05) is 19.4 Å². The van der Waals surface area contributed by atoms with Crippen molar-refractivity contribution in [3.8, 4) is 0 Å². The summed E-state index contributed by atoms with van der Waals surface area (Å²) >= 11 is 0. The molecule has 0 atom stereocenters. The quantitative estimate of drug-likeness (QED) is 0.167. The Labute approximate surface area is 167 Å². The topological polar surface area (TPSA) is 55.4 Å². The molecule has 0 radical (unpaired) electrons. The van der Waals surface area contributed by atoms with E-state index in [9.17, 15) is 9.59 Å². The Morgan fingerprint density at radius 2 is 1.30 bits per heavy atom. The van der Waals surface area contributed by atoms with Crippen LogP contribution >= 0.6 is 0 Å². The van der Waals surface area contributed by atoms with Crippen molar-refractivity contribution in [3.63, 3.8) is 0 Å². The minimum atomic E-state index is -0.221. The zero-order chi connectivity index (χ0) is 20.0. The van der Waals surface area contributed by atoms with Gasteiger partial charge in [0.25, 0.3) is 0 Å². The van der Waals surface area contributed by atoms with Gasteiger partial charge in [-0.2, -0.15) is 0 Å². The Balaban J connectivity index is 3.24. The molecule has 4 nitrogen and oxygen atoms in total. The number of amides is 1. The van der Waals surface area contributed by atoms with Crippen molar-refractivity contribution in [3.05, 3.63) is 12.2 Å². The van der Waals surface area contributed by atoms with Gasteiger partial charge in [0.05, 0.1) is 7.11 Å². The predicted octanol–water partition coefficient (Wildman–Crippen LogP) is 6.09. The first-order valence-electron chi connectivity index (χ1n) is 11.2. The summed E-state index contributed by atoms with van der Waals surface area (Å²) in [5, 5.41) is 2.86. The molecule has 4 heteroatoms. The zero-order valence-corrected chi connectivity index (χ0v) is 17.9. The van der Waals surface area contributed by atoms with Gasteiger partial charge < -0.3 is 10.1 Å². The van der Waals surface area contributed by atoms with Crippen LogP contribution in [-0.4, -0.2) is 25.5 Å². The number of nitrogens with one attached hydrogen (secondary N) is 1. The third kappa shape index (κ3) is 20.8. The molecule has 0 unspecified atom stereocenters. The predicted molar refractivity (Wildman–Crippen MR) is 114 cm³/mol. The summed E-state index contributed by atoms with van der Waals surface area (Å²) in [6.45, 7) is 2.82. The number of rotatable bonds is 19. The van der Waals surface area contributed by atoms with Gasteiger partial charge in [-0.25, -0.2) is 0 Å². The van der Waals surface area contributed by atoms with E-state index in [2.05, 4.69) is 29.1 Å². The van der Waals surface area contributed by atoms with Crippen molar-refractivity contribution in [1.82, 2.24) is 5.32 Å². The average molecular weight is 382 g/mol. The van der Waals surface area contributed by atoms with Crippen LogP contribution in [0.4, 0.5) is 0 Å². The van der Waals surface area contributed by atoms with Crippen molar-refractivity contribution in [1.29, 1.82) is 0 Å². The maximum absolute atomic E-state index is 11.7. The van der Waals surface area contributed by atoms with Gasteiger partial charge in [-0.3, -0.25) is 9.59 Å². The van der Waals surface area contributed by atoms with Crippen LogP contribution in [0.5, 0.6) is 0 Å². The first kappa shape index (κ1) is 25.7. The van der Waals surface area contributed by atoms with Crippen molar-refractivity contribution < 1.29 is 14.3 Å². The Morgan fingerprint density at radius 3 is 1.89 bits per heavy atom. The van der Waals surface area contributed by atoms with Crippen LogP contribution in [0.1, 0.15) is 110 Å². The smallest absolute Gasteiger partial charge is 0.305 e. The first-order valence-corrected chi connectivity index (χ1v) is 11.2. The molecule has 158 valence electrons. The second-order valence-corrected chi connectivity index (χ2v) is 7.36. The molecule has 0 spiro atoms. The third-order valence-corrected chi connectivity index (χ3v) is 4.77. The molecule has 1 N–H and O–H groups in total. The van der Waals surface area contributed by atoms with Crippen LogP contribution in [0.15, 0.2) is 12.2 Å². The van der Waals surface area contributed by atoms with E-state index in [-0.39, 0.29) is 11.9 Å². The Hall–Kier alpha value is -1.32. The summed E-state index contributed by atoms with van der Waals surface area (Å²) in [6.07, 6.45) is 22.7. The largest absolute Gasteiger partial charge is 0.469 e. The number of unbranched alkanes of at least 4 members (excludes halogenated alkanes) is 11. The van der Waals surface area contributed by atoms with Gasteiger partial charge in [-0.15, -0.1) is 0 Å². The average Bonchev–Trinajstić information content (AvgIpc) is 2.68. The Bertz CT molecular complexity index is 380. The molecule has 0 saturated carbocycles. The van der Waals surface area contributed by atoms with E-state index in [1.165, 1.54) is 77.7 Å². The second kappa shape index (κ2) is 21.0. The summed E-state index contributed by atoms with van der Waals surface area (Å²) in [7, 11) is 1.38. The number of ether oxygens (including phenoxy) is 1. The molecule has 0 aromatic rings. The summed E-state index contributed by atoms with van der Waals surface area (Å²) in [5.41, 5.74) is 0. The van der Waals surface area contributed by atoms with Crippen LogP contribution in [0.25, 0.3) is 0 Å². The van der Waals surface area contributed by atoms with Gasteiger partial charge in [-0.05, 0) is 38.5 Å². The number of esters is 1. The number of carbonyl (C=O) groups excluding carboxylic acids is 2. The lowest BCUT2D eigenvalue weighted by Gasteiger charge is -2.05. The van der Waals surface area contributed by atoms with Gasteiger partial charge in [0.1, 0.15) is 0 Å². The van der Waals surface area contributed by atoms with Gasteiger partial charge in [0.2, 0.25) is 5.91 Å². The van der Waals surface area contributed by atoms with Crippen LogP contribution < -0.4 is 5.32 Å². The van der Waals surface area contributed by atoms with E-state index >= 15 is 0 Å². The minimum Gasteiger partial charge on any atom is -0.469 e. The molecular weight excluding hydrogens is 338 g/mol. The van der Waals surface area contributed by atoms with E-state index in [1.54, 1.807) is 0 Å². The van der Waals surface area contributed by atoms with E-state index in [0.29, 0.717) is 25.8 Å². The first-order chi connectivity index (χ1) is 13.2. The standard InChI is InChI=1S/C23H43NO3/c1-3-4-5-6-7-8-9-10-11-12-13-14-15-16-17-19-22(25)24-21-18-20-23(26)27-2/h10-11H,3-9,12-21H2,1-2H3,(H,24,25)/b11-10-. The van der Waals surface area contributed by atoms with E-state index in [1.807, 2.05) is 0 Å². The molecular formula is C23H43NO3. The fourth-order valence-corrected chi connectivity index (χ4v) is 3.01. The van der Waals surface area contributed by atoms with E-state index in [4.69, 9.17) is 0 Å². The monoisotopic (exact) mass is 381 g/mol. The number of methoxy groups -OCH3 is 1. The van der Waals surface area contributed by atoms with Gasteiger partial charge in [-0.1, -0.05) is 70.4 Å². The third-order valence-electron chi connectivity index (χ3n) is 4.77. The van der Waals surface area contributed by atoms with E-state index in [0.717, 1.165) is 12.8 Å². The summed E-state index contributed by atoms with van der Waals surface area (Å²) in [6, 6.07) is 0. The second-order valence-electron chi connectivity index (χ2n) is 7.36. The van der Waals surface area contributed by atoms with Gasteiger partial charge >= 0.3 is 5.97 Å². The van der Waals surface area contributed by atoms with E-state index < -0.39 is 0 Å². The molecule has 0 fully saturated rings. The molecule has 0 aliphatic heterocycles. The molecule has 1 amide bonds. The number of hydrogen-bond donors (Lipinski definition) is 1. The molecule has 0 bridgehead atoms. The van der Waals surface area contributed by atoms with Crippen molar-refractivity contribution in [2.75, 3.05) is 13.7 Å². The summed E-state index contributed by atoms with van der Waals surface area (Å²) in [5.74, 6) is -0.126. The molecule has 0 rings (SSSR count). The number of hydrogen-bond acceptors (Lipinski definition) is 3. The van der Waals surface area contributed by atoms with Crippen LogP contribution in [0.2, 0.25) is 0 Å². The van der Waals surface area contributed by atoms with Crippen LogP contribution in [0, 0.1) is 0 Å². The van der Waals surface area contributed by atoms with Crippen LogP contribution in [-0.2, 0) is 14.3 Å². The maximum Gasteiger partial charge on any atom is 0.305 e. The Kier molecular flexibility index (Phi) is 20.0. The lowest BCUT2D eigenvalue weighted by molar-refractivity contribution is -0.140. The molecule has 0 heterocycles. The van der Waals surface area contributed by atoms with Crippen molar-refractivity contribution in [2.24, 2.45) is 0 Å². The lowest BCUT2D eigenvalue weighted by Crippen LogP contribution is -2.24. The molecule has 0 aromatic heterocycles. The van der Waals surface area contributed by atoms with Crippen LogP contribution in [0.3, 0.4) is 0 Å². The van der Waals surface area contributed by atoms with Gasteiger partial charge in [0.15, 0.2) is 0 Å². The lowest BCUT2D eigenvalue weighted by atomic mass is 10.1. The van der Waals surface area contributed by atoms with Crippen molar-refractivity contribution in [2.45, 2.75) is 110 Å². The molecule has 0 saturated heterocycles. The minimum absolute atomic E-state index is 0.0949. The highest BCUT2D eigenvalue weighted by molar-refractivity contribution is 5.75. The van der Waals surface area contributed by atoms with Crippen molar-refractivity contribution >= 4 is 11.9 Å². The normalized spacial score (nSPS) is 11.0.